The highest BCUT2D eigenvalue weighted by Crippen LogP contribution is 2.36. The van der Waals surface area contributed by atoms with E-state index in [1.807, 2.05) is 0 Å². The van der Waals surface area contributed by atoms with Gasteiger partial charge >= 0.3 is 0 Å². The van der Waals surface area contributed by atoms with E-state index in [2.05, 4.69) is 26.3 Å². The highest BCUT2D eigenvalue weighted by Gasteiger charge is 2.16. The molecule has 0 saturated carbocycles. The number of ether oxygens (including phenoxy) is 1. The zero-order chi connectivity index (χ0) is 13.8. The molecule has 0 amide bonds. The Hall–Kier alpha value is -2.19. The summed E-state index contributed by atoms with van der Waals surface area (Å²) in [6, 6.07) is 7.74. The zero-order valence-corrected chi connectivity index (χ0v) is 11.1. The number of pyridine rings is 1. The first kappa shape index (κ1) is 13.2. The fourth-order valence-corrected chi connectivity index (χ4v) is 1.89. The summed E-state index contributed by atoms with van der Waals surface area (Å²) in [6.45, 7) is 0. The Morgan fingerprint density at radius 2 is 2.21 bits per heavy atom. The molecule has 1 aromatic heterocycles. The summed E-state index contributed by atoms with van der Waals surface area (Å²) < 4.78 is 5.83. The molecule has 0 aliphatic carbocycles. The number of benzene rings is 1. The van der Waals surface area contributed by atoms with E-state index in [-0.39, 0.29) is 10.2 Å². The summed E-state index contributed by atoms with van der Waals surface area (Å²) in [7, 11) is 0. The molecule has 2 rings (SSSR count). The third kappa shape index (κ3) is 2.98. The van der Waals surface area contributed by atoms with Gasteiger partial charge in [0.2, 0.25) is 0 Å². The normalized spacial score (nSPS) is 10.0. The van der Waals surface area contributed by atoms with E-state index >= 15 is 0 Å². The van der Waals surface area contributed by atoms with Crippen molar-refractivity contribution in [1.82, 2.24) is 4.98 Å². The van der Waals surface area contributed by atoms with E-state index in [1.54, 1.807) is 24.3 Å². The molecular formula is C11H9BrN4O3. The van der Waals surface area contributed by atoms with Crippen LogP contribution in [-0.4, -0.2) is 9.91 Å². The molecule has 8 heteroatoms. The number of nitrogen functional groups attached to an aromatic ring is 1. The first-order valence-electron chi connectivity index (χ1n) is 5.15. The molecule has 0 saturated heterocycles. The van der Waals surface area contributed by atoms with Gasteiger partial charge in [-0.3, -0.25) is 10.1 Å². The Morgan fingerprint density at radius 3 is 2.89 bits per heavy atom. The van der Waals surface area contributed by atoms with Crippen LogP contribution in [0.25, 0.3) is 0 Å². The number of nitrogens with one attached hydrogen (secondary N) is 1. The molecule has 3 N–H and O–H groups in total. The Balaban J connectivity index is 2.33. The Morgan fingerprint density at radius 1 is 1.42 bits per heavy atom. The number of aromatic nitrogens is 1. The van der Waals surface area contributed by atoms with Crippen molar-refractivity contribution >= 4 is 27.4 Å². The molecule has 0 bridgehead atoms. The maximum Gasteiger partial charge on any atom is 0.287 e. The van der Waals surface area contributed by atoms with Crippen LogP contribution in [0.3, 0.4) is 0 Å². The van der Waals surface area contributed by atoms with Crippen LogP contribution in [0.4, 0.5) is 11.5 Å². The largest absolute Gasteiger partial charge is 0.456 e. The predicted octanol–water partition coefficient (Wildman–Crippen LogP) is 2.83. The lowest BCUT2D eigenvalue weighted by Crippen LogP contribution is -2.08. The van der Waals surface area contributed by atoms with Crippen molar-refractivity contribution in [2.24, 2.45) is 5.84 Å². The van der Waals surface area contributed by atoms with Gasteiger partial charge in [-0.15, -0.1) is 0 Å². The van der Waals surface area contributed by atoms with Crippen molar-refractivity contribution in [2.75, 3.05) is 5.43 Å². The van der Waals surface area contributed by atoms with Crippen molar-refractivity contribution in [3.8, 4) is 11.5 Å². The lowest BCUT2D eigenvalue weighted by molar-refractivity contribution is -0.385. The number of nitrogens with zero attached hydrogens (tertiary/aromatic N) is 2. The zero-order valence-electron chi connectivity index (χ0n) is 9.54. The van der Waals surface area contributed by atoms with Gasteiger partial charge in [0.15, 0.2) is 0 Å². The molecule has 0 aliphatic rings. The van der Waals surface area contributed by atoms with Gasteiger partial charge in [0.25, 0.3) is 5.69 Å². The standard InChI is InChI=1S/C11H9BrN4O3/c12-11-8(16(17)18)2-1-3-9(11)19-7-4-5-14-10(6-7)15-13/h1-6H,13H2,(H,14,15). The number of nitro benzene ring substituents is 1. The summed E-state index contributed by atoms with van der Waals surface area (Å²) >= 11 is 3.15. The second-order valence-corrected chi connectivity index (χ2v) is 4.26. The summed E-state index contributed by atoms with van der Waals surface area (Å²) in [6.07, 6.45) is 1.51. The van der Waals surface area contributed by atoms with E-state index in [1.165, 1.54) is 12.3 Å². The number of hydrogen-bond acceptors (Lipinski definition) is 6. The van der Waals surface area contributed by atoms with Crippen LogP contribution >= 0.6 is 15.9 Å². The molecule has 2 aromatic rings. The number of hydrazine groups is 1. The smallest absolute Gasteiger partial charge is 0.287 e. The molecule has 98 valence electrons. The predicted molar refractivity (Wildman–Crippen MR) is 72.9 cm³/mol. The fourth-order valence-electron chi connectivity index (χ4n) is 1.40. The Kier molecular flexibility index (Phi) is 3.93. The van der Waals surface area contributed by atoms with Crippen molar-refractivity contribution in [2.45, 2.75) is 0 Å². The number of anilines is 1. The molecule has 1 heterocycles. The second kappa shape index (κ2) is 5.63. The van der Waals surface area contributed by atoms with E-state index in [0.29, 0.717) is 17.3 Å². The van der Waals surface area contributed by atoms with Crippen LogP contribution in [0.1, 0.15) is 0 Å². The van der Waals surface area contributed by atoms with Gasteiger partial charge < -0.3 is 10.2 Å². The topological polar surface area (TPSA) is 103 Å². The minimum atomic E-state index is -0.490. The minimum Gasteiger partial charge on any atom is -0.456 e. The highest BCUT2D eigenvalue weighted by atomic mass is 79.9. The van der Waals surface area contributed by atoms with Crippen molar-refractivity contribution < 1.29 is 9.66 Å². The summed E-state index contributed by atoms with van der Waals surface area (Å²) in [5.41, 5.74) is 2.32. The maximum atomic E-state index is 10.8. The molecule has 7 nitrogen and oxygen atoms in total. The first-order chi connectivity index (χ1) is 9.11. The van der Waals surface area contributed by atoms with Crippen molar-refractivity contribution in [3.63, 3.8) is 0 Å². The highest BCUT2D eigenvalue weighted by molar-refractivity contribution is 9.10. The van der Waals surface area contributed by atoms with Gasteiger partial charge in [0.1, 0.15) is 21.8 Å². The van der Waals surface area contributed by atoms with E-state index in [0.717, 1.165) is 0 Å². The maximum absolute atomic E-state index is 10.8. The summed E-state index contributed by atoms with van der Waals surface area (Å²) in [5.74, 6) is 6.47. The molecule has 19 heavy (non-hydrogen) atoms. The molecule has 0 fully saturated rings. The Labute approximate surface area is 116 Å². The molecule has 0 aliphatic heterocycles. The Bertz CT molecular complexity index is 621. The van der Waals surface area contributed by atoms with E-state index in [9.17, 15) is 10.1 Å². The van der Waals surface area contributed by atoms with E-state index < -0.39 is 4.92 Å². The number of halogens is 1. The fraction of sp³-hybridized carbons (Fsp3) is 0. The number of nitro groups is 1. The van der Waals surface area contributed by atoms with Crippen molar-refractivity contribution in [3.05, 3.63) is 51.1 Å². The lowest BCUT2D eigenvalue weighted by Gasteiger charge is -2.08. The average molecular weight is 325 g/mol. The molecule has 1 aromatic carbocycles. The second-order valence-electron chi connectivity index (χ2n) is 3.47. The third-order valence-corrected chi connectivity index (χ3v) is 3.04. The molecule has 0 radical (unpaired) electrons. The van der Waals surface area contributed by atoms with Crippen LogP contribution in [0.2, 0.25) is 0 Å². The number of rotatable bonds is 4. The molecular weight excluding hydrogens is 316 g/mol. The third-order valence-electron chi connectivity index (χ3n) is 2.25. The van der Waals surface area contributed by atoms with Crippen LogP contribution in [0.5, 0.6) is 11.5 Å². The molecule has 0 spiro atoms. The van der Waals surface area contributed by atoms with Gasteiger partial charge in [-0.2, -0.15) is 0 Å². The summed E-state index contributed by atoms with van der Waals surface area (Å²) in [4.78, 5) is 14.3. The van der Waals surface area contributed by atoms with Crippen LogP contribution in [-0.2, 0) is 0 Å². The first-order valence-corrected chi connectivity index (χ1v) is 5.94. The van der Waals surface area contributed by atoms with Gasteiger partial charge in [0, 0.05) is 18.3 Å². The minimum absolute atomic E-state index is 0.0660. The lowest BCUT2D eigenvalue weighted by atomic mass is 10.3. The van der Waals surface area contributed by atoms with Gasteiger partial charge in [0.05, 0.1) is 4.92 Å². The number of nitrogens with two attached hydrogens (primary N) is 1. The van der Waals surface area contributed by atoms with Gasteiger partial charge in [-0.1, -0.05) is 6.07 Å². The molecule has 0 atom stereocenters. The number of hydrogen-bond donors (Lipinski definition) is 2. The van der Waals surface area contributed by atoms with Crippen LogP contribution in [0.15, 0.2) is 41.0 Å². The van der Waals surface area contributed by atoms with Crippen molar-refractivity contribution in [1.29, 1.82) is 0 Å². The average Bonchev–Trinajstić information content (AvgIpc) is 2.41. The van der Waals surface area contributed by atoms with Crippen LogP contribution < -0.4 is 16.0 Å². The monoisotopic (exact) mass is 324 g/mol. The SMILES string of the molecule is NNc1cc(Oc2cccc([N+](=O)[O-])c2Br)ccn1. The van der Waals surface area contributed by atoms with Gasteiger partial charge in [-0.05, 0) is 28.1 Å². The quantitative estimate of drug-likeness (QED) is 0.509. The molecule has 0 unspecified atom stereocenters. The van der Waals surface area contributed by atoms with Gasteiger partial charge in [-0.25, -0.2) is 10.8 Å². The van der Waals surface area contributed by atoms with Crippen LogP contribution in [0, 0.1) is 10.1 Å². The summed E-state index contributed by atoms with van der Waals surface area (Å²) in [5, 5.41) is 10.8. The van der Waals surface area contributed by atoms with E-state index in [4.69, 9.17) is 10.6 Å².